The molecule has 1 aromatic heterocycles. The minimum atomic E-state index is -3.04. The van der Waals surface area contributed by atoms with Crippen LogP contribution in [0.25, 0.3) is 11.1 Å². The van der Waals surface area contributed by atoms with Gasteiger partial charge < -0.3 is 9.15 Å². The van der Waals surface area contributed by atoms with Crippen LogP contribution in [0.15, 0.2) is 39.5 Å². The number of ether oxygens (including phenoxy) is 1. The number of aromatic nitrogens is 1. The van der Waals surface area contributed by atoms with E-state index >= 15 is 0 Å². The molecule has 0 saturated carbocycles. The van der Waals surface area contributed by atoms with Crippen LogP contribution in [0.3, 0.4) is 0 Å². The van der Waals surface area contributed by atoms with E-state index in [0.29, 0.717) is 35.3 Å². The maximum atomic E-state index is 13.5. The molecule has 1 aliphatic carbocycles. The van der Waals surface area contributed by atoms with Gasteiger partial charge in [0, 0.05) is 50.9 Å². The SMILES string of the molecule is Cn1c(=O)oc2ccc(Oc3c([N+](=O)[O-])ccc4c3CC[C@H]4OP(=O)(N3CC3)N3CC3)cc21. The Kier molecular flexibility index (Phi) is 4.54. The average molecular weight is 472 g/mol. The number of nitro benzene ring substituents is 1. The highest BCUT2D eigenvalue weighted by Gasteiger charge is 2.51. The summed E-state index contributed by atoms with van der Waals surface area (Å²) in [7, 11) is -1.46. The quantitative estimate of drug-likeness (QED) is 0.220. The predicted octanol–water partition coefficient (Wildman–Crippen LogP) is 3.58. The van der Waals surface area contributed by atoms with Crippen molar-refractivity contribution < 1.29 is 23.2 Å². The minimum absolute atomic E-state index is 0.143. The Balaban J connectivity index is 1.37. The number of hydrogen-bond acceptors (Lipinski definition) is 7. The average Bonchev–Trinajstić information content (AvgIpc) is 3.71. The molecule has 2 aromatic carbocycles. The lowest BCUT2D eigenvalue weighted by atomic mass is 10.1. The highest BCUT2D eigenvalue weighted by molar-refractivity contribution is 7.54. The normalized spacial score (nSPS) is 20.2. The minimum Gasteiger partial charge on any atom is -0.450 e. The fourth-order valence-corrected chi connectivity index (χ4v) is 6.71. The molecule has 1 atom stereocenters. The van der Waals surface area contributed by atoms with Crippen molar-refractivity contribution in [3.8, 4) is 11.5 Å². The fraction of sp³-hybridized carbons (Fsp3) is 0.381. The van der Waals surface area contributed by atoms with Gasteiger partial charge in [-0.25, -0.2) is 14.1 Å². The third-order valence-corrected chi connectivity index (χ3v) is 9.04. The van der Waals surface area contributed by atoms with Crippen molar-refractivity contribution in [2.45, 2.75) is 18.9 Å². The molecule has 0 N–H and O–H groups in total. The molecule has 0 bridgehead atoms. The van der Waals surface area contributed by atoms with Gasteiger partial charge in [0.2, 0.25) is 5.75 Å². The third-order valence-electron chi connectivity index (χ3n) is 6.29. The van der Waals surface area contributed by atoms with Gasteiger partial charge >= 0.3 is 19.1 Å². The van der Waals surface area contributed by atoms with Crippen molar-refractivity contribution in [3.05, 3.63) is 62.1 Å². The smallest absolute Gasteiger partial charge is 0.419 e. The maximum Gasteiger partial charge on any atom is 0.419 e. The molecular weight excluding hydrogens is 451 g/mol. The number of fused-ring (bicyclic) bond motifs is 2. The molecule has 3 aromatic rings. The van der Waals surface area contributed by atoms with Gasteiger partial charge in [-0.05, 0) is 36.6 Å². The van der Waals surface area contributed by atoms with Crippen molar-refractivity contribution in [2.75, 3.05) is 26.2 Å². The summed E-state index contributed by atoms with van der Waals surface area (Å²) in [5, 5.41) is 11.8. The second-order valence-electron chi connectivity index (χ2n) is 8.43. The van der Waals surface area contributed by atoms with E-state index in [0.717, 1.165) is 31.7 Å². The lowest BCUT2D eigenvalue weighted by Crippen LogP contribution is -2.11. The molecule has 2 saturated heterocycles. The first kappa shape index (κ1) is 20.6. The Morgan fingerprint density at radius 1 is 1.15 bits per heavy atom. The molecule has 0 radical (unpaired) electrons. The number of oxazole rings is 1. The zero-order chi connectivity index (χ0) is 22.9. The number of nitro groups is 1. The lowest BCUT2D eigenvalue weighted by molar-refractivity contribution is -0.385. The molecule has 0 unspecified atom stereocenters. The van der Waals surface area contributed by atoms with Gasteiger partial charge in [0.15, 0.2) is 5.58 Å². The number of nitrogens with zero attached hydrogens (tertiary/aromatic N) is 4. The molecular formula is C21H21N4O7P. The van der Waals surface area contributed by atoms with E-state index in [-0.39, 0.29) is 11.4 Å². The topological polar surface area (TPSA) is 120 Å². The summed E-state index contributed by atoms with van der Waals surface area (Å²) >= 11 is 0. The maximum absolute atomic E-state index is 13.5. The summed E-state index contributed by atoms with van der Waals surface area (Å²) < 4.78 is 35.9. The summed E-state index contributed by atoms with van der Waals surface area (Å²) in [5.41, 5.74) is 2.20. The van der Waals surface area contributed by atoms with Gasteiger partial charge in [-0.3, -0.25) is 23.8 Å². The largest absolute Gasteiger partial charge is 0.450 e. The van der Waals surface area contributed by atoms with E-state index in [1.807, 2.05) is 9.34 Å². The molecule has 33 heavy (non-hydrogen) atoms. The van der Waals surface area contributed by atoms with Gasteiger partial charge in [-0.15, -0.1) is 0 Å². The van der Waals surface area contributed by atoms with Gasteiger partial charge in [0.25, 0.3) is 0 Å². The highest BCUT2D eigenvalue weighted by Crippen LogP contribution is 2.64. The molecule has 0 spiro atoms. The van der Waals surface area contributed by atoms with Crippen LogP contribution in [-0.2, 0) is 22.6 Å². The third kappa shape index (κ3) is 3.39. The Hall–Kier alpha value is -2.98. The lowest BCUT2D eigenvalue weighted by Gasteiger charge is -2.24. The first-order valence-corrected chi connectivity index (χ1v) is 12.2. The standard InChI is InChI=1S/C21H21N4O7P/c1-22-17-12-13(2-6-19(17)31-21(22)26)30-20-15-4-7-18(14(15)3-5-16(20)25(27)28)32-33(29,23-8-9-23)24-10-11-24/h2-3,5-6,12,18H,4,7-11H2,1H3/t18-/m1/s1. The Morgan fingerprint density at radius 2 is 1.88 bits per heavy atom. The van der Waals surface area contributed by atoms with E-state index in [2.05, 4.69) is 0 Å². The Morgan fingerprint density at radius 3 is 2.55 bits per heavy atom. The first-order valence-electron chi connectivity index (χ1n) is 10.7. The van der Waals surface area contributed by atoms with Crippen LogP contribution in [-0.4, -0.2) is 45.0 Å². The molecule has 6 rings (SSSR count). The van der Waals surface area contributed by atoms with Crippen LogP contribution < -0.4 is 10.5 Å². The Labute approximate surface area is 187 Å². The second-order valence-corrected chi connectivity index (χ2v) is 10.8. The summed E-state index contributed by atoms with van der Waals surface area (Å²) in [4.78, 5) is 23.1. The van der Waals surface area contributed by atoms with E-state index in [4.69, 9.17) is 13.7 Å². The van der Waals surface area contributed by atoms with Crippen molar-refractivity contribution in [2.24, 2.45) is 7.05 Å². The van der Waals surface area contributed by atoms with E-state index in [9.17, 15) is 19.5 Å². The number of benzene rings is 2. The summed E-state index contributed by atoms with van der Waals surface area (Å²) in [6.07, 6.45) is 0.643. The zero-order valence-electron chi connectivity index (χ0n) is 17.8. The van der Waals surface area contributed by atoms with Crippen molar-refractivity contribution >= 4 is 24.5 Å². The van der Waals surface area contributed by atoms with E-state index in [1.54, 1.807) is 31.3 Å². The first-order chi connectivity index (χ1) is 15.8. The Bertz CT molecular complexity index is 1390. The van der Waals surface area contributed by atoms with Crippen molar-refractivity contribution in [1.29, 1.82) is 0 Å². The van der Waals surface area contributed by atoms with Crippen LogP contribution in [0.4, 0.5) is 5.69 Å². The zero-order valence-corrected chi connectivity index (χ0v) is 18.7. The summed E-state index contributed by atoms with van der Waals surface area (Å²) in [6, 6.07) is 7.89. The number of rotatable bonds is 7. The molecule has 12 heteroatoms. The molecule has 3 heterocycles. The fourth-order valence-electron chi connectivity index (χ4n) is 4.35. The summed E-state index contributed by atoms with van der Waals surface area (Å²) in [5.74, 6) is -0.0145. The van der Waals surface area contributed by atoms with Crippen LogP contribution in [0, 0.1) is 10.1 Å². The predicted molar refractivity (Wildman–Crippen MR) is 118 cm³/mol. The monoisotopic (exact) mass is 472 g/mol. The second kappa shape index (κ2) is 7.26. The van der Waals surface area contributed by atoms with Crippen molar-refractivity contribution in [1.82, 2.24) is 13.9 Å². The number of aryl methyl sites for hydroxylation is 1. The molecule has 2 aliphatic heterocycles. The molecule has 2 fully saturated rings. The van der Waals surface area contributed by atoms with Gasteiger partial charge in [0.1, 0.15) is 5.75 Å². The van der Waals surface area contributed by atoms with Gasteiger partial charge in [-0.2, -0.15) is 0 Å². The van der Waals surface area contributed by atoms with Gasteiger partial charge in [0.05, 0.1) is 16.5 Å². The van der Waals surface area contributed by atoms with Crippen LogP contribution in [0.2, 0.25) is 0 Å². The number of hydrogen-bond donors (Lipinski definition) is 0. The van der Waals surface area contributed by atoms with Crippen LogP contribution in [0.1, 0.15) is 23.7 Å². The molecule has 172 valence electrons. The van der Waals surface area contributed by atoms with E-state index in [1.165, 1.54) is 10.6 Å². The van der Waals surface area contributed by atoms with Crippen LogP contribution in [0.5, 0.6) is 11.5 Å². The molecule has 3 aliphatic rings. The van der Waals surface area contributed by atoms with E-state index < -0.39 is 24.5 Å². The highest BCUT2D eigenvalue weighted by atomic mass is 31.2. The molecule has 0 amide bonds. The van der Waals surface area contributed by atoms with Crippen molar-refractivity contribution in [3.63, 3.8) is 0 Å². The summed E-state index contributed by atoms with van der Waals surface area (Å²) in [6.45, 7) is 3.00. The van der Waals surface area contributed by atoms with Crippen LogP contribution >= 0.6 is 7.67 Å². The van der Waals surface area contributed by atoms with Gasteiger partial charge in [-0.1, -0.05) is 0 Å². The molecule has 11 nitrogen and oxygen atoms in total.